The summed E-state index contributed by atoms with van der Waals surface area (Å²) in [6.45, 7) is 0.109. The van der Waals surface area contributed by atoms with Crippen LogP contribution in [0.5, 0.6) is 0 Å². The first-order valence-corrected chi connectivity index (χ1v) is 5.78. The Morgan fingerprint density at radius 1 is 1.56 bits per heavy atom. The second-order valence-corrected chi connectivity index (χ2v) is 4.40. The fraction of sp³-hybridized carbons (Fsp3) is 0.111. The van der Waals surface area contributed by atoms with Crippen molar-refractivity contribution in [2.24, 2.45) is 0 Å². The largest absolute Gasteiger partial charge is 0.372 e. The maximum atomic E-state index is 13.4. The molecule has 0 spiro atoms. The predicted octanol–water partition coefficient (Wildman–Crippen LogP) is 2.33. The molecule has 0 saturated heterocycles. The Hall–Kier alpha value is -1.78. The van der Waals surface area contributed by atoms with Crippen molar-refractivity contribution in [2.75, 3.05) is 5.32 Å². The summed E-state index contributed by atoms with van der Waals surface area (Å²) in [4.78, 5) is 14.0. The number of halogens is 2. The van der Waals surface area contributed by atoms with Gasteiger partial charge in [0.05, 0.1) is 15.0 Å². The van der Waals surface area contributed by atoms with Gasteiger partial charge >= 0.3 is 0 Å². The van der Waals surface area contributed by atoms with Crippen molar-refractivity contribution >= 4 is 34.0 Å². The Balaban J connectivity index is 2.25. The van der Waals surface area contributed by atoms with Gasteiger partial charge in [0.1, 0.15) is 11.5 Å². The SMILES string of the molecule is O=[N+]([O-])c1cc(I)c(F)cc1NCc1ncon1. The fourth-order valence-corrected chi connectivity index (χ4v) is 1.72. The summed E-state index contributed by atoms with van der Waals surface area (Å²) in [5.74, 6) is -0.208. The second kappa shape index (κ2) is 5.25. The normalized spacial score (nSPS) is 10.3. The highest BCUT2D eigenvalue weighted by atomic mass is 127. The highest BCUT2D eigenvalue weighted by Crippen LogP contribution is 2.28. The Morgan fingerprint density at radius 3 is 2.94 bits per heavy atom. The lowest BCUT2D eigenvalue weighted by molar-refractivity contribution is -0.384. The first-order chi connectivity index (χ1) is 8.58. The molecule has 94 valence electrons. The molecule has 9 heteroatoms. The van der Waals surface area contributed by atoms with E-state index in [1.807, 2.05) is 0 Å². The van der Waals surface area contributed by atoms with Crippen LogP contribution in [0.15, 0.2) is 23.0 Å². The van der Waals surface area contributed by atoms with Gasteiger partial charge in [-0.3, -0.25) is 10.1 Å². The third kappa shape index (κ3) is 2.72. The number of nitro groups is 1. The lowest BCUT2D eigenvalue weighted by Crippen LogP contribution is -2.05. The number of anilines is 1. The molecule has 2 aromatic rings. The standard InChI is InChI=1S/C9H6FIN4O3/c10-5-1-7(8(15(16)17)2-6(5)11)12-3-9-13-4-18-14-9/h1-2,4,12H,3H2. The van der Waals surface area contributed by atoms with E-state index in [0.717, 1.165) is 18.5 Å². The highest BCUT2D eigenvalue weighted by Gasteiger charge is 2.17. The summed E-state index contributed by atoms with van der Waals surface area (Å²) in [7, 11) is 0. The minimum Gasteiger partial charge on any atom is -0.372 e. The van der Waals surface area contributed by atoms with Crippen molar-refractivity contribution in [2.45, 2.75) is 6.54 Å². The third-order valence-electron chi connectivity index (χ3n) is 2.08. The number of nitrogens with one attached hydrogen (secondary N) is 1. The van der Waals surface area contributed by atoms with Gasteiger partial charge in [-0.2, -0.15) is 4.98 Å². The van der Waals surface area contributed by atoms with Gasteiger partial charge in [-0.25, -0.2) is 4.39 Å². The van der Waals surface area contributed by atoms with Crippen LogP contribution in [-0.4, -0.2) is 15.1 Å². The molecule has 0 bridgehead atoms. The molecule has 0 aliphatic carbocycles. The summed E-state index contributed by atoms with van der Waals surface area (Å²) < 4.78 is 18.1. The topological polar surface area (TPSA) is 94.1 Å². The van der Waals surface area contributed by atoms with Crippen LogP contribution in [0.4, 0.5) is 15.8 Å². The molecule has 7 nitrogen and oxygen atoms in total. The minimum atomic E-state index is -0.583. The van der Waals surface area contributed by atoms with E-state index in [-0.39, 0.29) is 21.5 Å². The Labute approximate surface area is 114 Å². The molecule has 0 aliphatic heterocycles. The monoisotopic (exact) mass is 364 g/mol. The van der Waals surface area contributed by atoms with Crippen molar-refractivity contribution in [3.63, 3.8) is 0 Å². The number of hydrogen-bond acceptors (Lipinski definition) is 6. The van der Waals surface area contributed by atoms with E-state index < -0.39 is 10.7 Å². The van der Waals surface area contributed by atoms with Crippen LogP contribution in [-0.2, 0) is 6.54 Å². The van der Waals surface area contributed by atoms with E-state index >= 15 is 0 Å². The fourth-order valence-electron chi connectivity index (χ4n) is 1.27. The zero-order chi connectivity index (χ0) is 13.1. The molecular weight excluding hydrogens is 358 g/mol. The molecule has 1 heterocycles. The van der Waals surface area contributed by atoms with Crippen molar-refractivity contribution in [1.82, 2.24) is 10.1 Å². The van der Waals surface area contributed by atoms with Crippen molar-refractivity contribution in [1.29, 1.82) is 0 Å². The van der Waals surface area contributed by atoms with E-state index in [1.54, 1.807) is 22.6 Å². The molecule has 1 N–H and O–H groups in total. The Bertz CT molecular complexity index is 575. The van der Waals surface area contributed by atoms with Crippen LogP contribution < -0.4 is 5.32 Å². The molecule has 0 unspecified atom stereocenters. The zero-order valence-corrected chi connectivity index (χ0v) is 10.9. The molecule has 2 rings (SSSR count). The smallest absolute Gasteiger partial charge is 0.293 e. The van der Waals surface area contributed by atoms with E-state index in [0.29, 0.717) is 5.82 Å². The maximum Gasteiger partial charge on any atom is 0.293 e. The highest BCUT2D eigenvalue weighted by molar-refractivity contribution is 14.1. The Kier molecular flexibility index (Phi) is 3.69. The summed E-state index contributed by atoms with van der Waals surface area (Å²) >= 11 is 1.69. The van der Waals surface area contributed by atoms with E-state index in [1.165, 1.54) is 0 Å². The van der Waals surface area contributed by atoms with Gasteiger partial charge in [0.15, 0.2) is 5.82 Å². The number of benzene rings is 1. The lowest BCUT2D eigenvalue weighted by atomic mass is 10.2. The molecule has 18 heavy (non-hydrogen) atoms. The summed E-state index contributed by atoms with van der Waals surface area (Å²) in [6.07, 6.45) is 1.14. The number of nitro benzene ring substituents is 1. The first kappa shape index (κ1) is 12.7. The van der Waals surface area contributed by atoms with Crippen LogP contribution in [0, 0.1) is 19.5 Å². The van der Waals surface area contributed by atoms with Crippen molar-refractivity contribution in [3.05, 3.63) is 43.9 Å². The van der Waals surface area contributed by atoms with Gasteiger partial charge in [-0.1, -0.05) is 5.16 Å². The van der Waals surface area contributed by atoms with Gasteiger partial charge in [0.25, 0.3) is 5.69 Å². The van der Waals surface area contributed by atoms with Crippen LogP contribution in [0.3, 0.4) is 0 Å². The summed E-state index contributed by atoms with van der Waals surface area (Å²) in [5.41, 5.74) is -0.132. The average molecular weight is 364 g/mol. The van der Waals surface area contributed by atoms with Crippen LogP contribution >= 0.6 is 22.6 Å². The average Bonchev–Trinajstić information content (AvgIpc) is 2.83. The van der Waals surface area contributed by atoms with E-state index in [9.17, 15) is 14.5 Å². The summed E-state index contributed by atoms with van der Waals surface area (Å²) in [5, 5.41) is 17.1. The summed E-state index contributed by atoms with van der Waals surface area (Å²) in [6, 6.07) is 2.23. The number of aromatic nitrogens is 2. The van der Waals surface area contributed by atoms with Crippen LogP contribution in [0.2, 0.25) is 0 Å². The first-order valence-electron chi connectivity index (χ1n) is 4.70. The minimum absolute atomic E-state index is 0.0720. The Morgan fingerprint density at radius 2 is 2.33 bits per heavy atom. The van der Waals surface area contributed by atoms with Crippen LogP contribution in [0.25, 0.3) is 0 Å². The molecule has 0 atom stereocenters. The molecular formula is C9H6FIN4O3. The van der Waals surface area contributed by atoms with Gasteiger partial charge in [-0.05, 0) is 22.6 Å². The molecule has 0 aliphatic rings. The van der Waals surface area contributed by atoms with Crippen molar-refractivity contribution in [3.8, 4) is 0 Å². The van der Waals surface area contributed by atoms with Gasteiger partial charge in [0.2, 0.25) is 6.39 Å². The van der Waals surface area contributed by atoms with Gasteiger partial charge in [-0.15, -0.1) is 0 Å². The number of hydrogen-bond donors (Lipinski definition) is 1. The lowest BCUT2D eigenvalue weighted by Gasteiger charge is -2.05. The molecule has 0 amide bonds. The quantitative estimate of drug-likeness (QED) is 0.509. The second-order valence-electron chi connectivity index (χ2n) is 3.24. The third-order valence-corrected chi connectivity index (χ3v) is 2.91. The van der Waals surface area contributed by atoms with Gasteiger partial charge in [0, 0.05) is 12.1 Å². The predicted molar refractivity (Wildman–Crippen MR) is 67.4 cm³/mol. The molecule has 0 fully saturated rings. The maximum absolute atomic E-state index is 13.4. The molecule has 0 saturated carbocycles. The zero-order valence-electron chi connectivity index (χ0n) is 8.76. The molecule has 1 aromatic carbocycles. The molecule has 0 radical (unpaired) electrons. The van der Waals surface area contributed by atoms with E-state index in [2.05, 4.69) is 20.0 Å². The number of rotatable bonds is 4. The molecule has 1 aromatic heterocycles. The van der Waals surface area contributed by atoms with E-state index in [4.69, 9.17) is 0 Å². The van der Waals surface area contributed by atoms with Crippen LogP contribution in [0.1, 0.15) is 5.82 Å². The number of nitrogens with zero attached hydrogens (tertiary/aromatic N) is 3. The van der Waals surface area contributed by atoms with Crippen molar-refractivity contribution < 1.29 is 13.8 Å². The van der Waals surface area contributed by atoms with Gasteiger partial charge < -0.3 is 9.84 Å².